The van der Waals surface area contributed by atoms with E-state index >= 15 is 0 Å². The molecule has 0 aliphatic rings. The van der Waals surface area contributed by atoms with E-state index in [-0.39, 0.29) is 193 Å². The van der Waals surface area contributed by atoms with Gasteiger partial charge in [-0.2, -0.15) is 9.45 Å². The smallest absolute Gasteiger partial charge is 0.744 e. The van der Waals surface area contributed by atoms with Gasteiger partial charge >= 0.3 is 118 Å². The first kappa shape index (κ1) is 61.4. The van der Waals surface area contributed by atoms with Crippen molar-refractivity contribution in [3.8, 4) is 5.75 Å². The van der Waals surface area contributed by atoms with Crippen molar-refractivity contribution in [2.75, 3.05) is 37.1 Å². The Bertz CT molecular complexity index is 2430. The van der Waals surface area contributed by atoms with E-state index in [2.05, 4.69) is 58.1 Å². The van der Waals surface area contributed by atoms with Gasteiger partial charge in [-0.05, 0) is 60.7 Å². The third-order valence-corrected chi connectivity index (χ3v) is 12.6. The summed E-state index contributed by atoms with van der Waals surface area (Å²) >= 11 is 0.515. The summed E-state index contributed by atoms with van der Waals surface area (Å²) in [4.78, 5) is -1.82. The van der Waals surface area contributed by atoms with Crippen LogP contribution in [0, 0.1) is 0 Å². The molecular formula is C27H23N5Na4O19S6. The Morgan fingerprint density at radius 3 is 1.74 bits per heavy atom. The van der Waals surface area contributed by atoms with E-state index in [1.165, 1.54) is 49.5 Å². The Labute approximate surface area is 448 Å². The molecule has 0 heterocycles. The predicted octanol–water partition coefficient (Wildman–Crippen LogP) is -9.28. The SMILES string of the molecule is CNc1ccc2c(O)c(N=Nc3ccc(S(=O)(=O)CCOSOO[O-])cc3)c(SOO[O-])cc2c1N=Nc1ccc(S(=O)(=O)CCOSOO[O-])cc1S(=O)(=O)[O-].[Na+].[Na+].[Na+].[Na+]. The fourth-order valence-electron chi connectivity index (χ4n) is 4.48. The van der Waals surface area contributed by atoms with Crippen LogP contribution >= 0.6 is 36.7 Å². The summed E-state index contributed by atoms with van der Waals surface area (Å²) in [7, 11) is -11.9. The first-order chi connectivity index (χ1) is 27.2. The van der Waals surface area contributed by atoms with Crippen molar-refractivity contribution in [1.82, 2.24) is 0 Å². The van der Waals surface area contributed by atoms with Crippen LogP contribution in [0.3, 0.4) is 0 Å². The summed E-state index contributed by atoms with van der Waals surface area (Å²) in [5.74, 6) is -1.73. The average Bonchev–Trinajstić information content (AvgIpc) is 3.18. The van der Waals surface area contributed by atoms with Crippen LogP contribution in [0.4, 0.5) is 28.4 Å². The molecule has 61 heavy (non-hydrogen) atoms. The minimum absolute atomic E-state index is 0. The first-order valence-electron chi connectivity index (χ1n) is 14.8. The number of nitrogens with one attached hydrogen (secondary N) is 1. The topological polar surface area (TPSA) is 350 Å². The Morgan fingerprint density at radius 1 is 0.656 bits per heavy atom. The molecule has 0 aliphatic carbocycles. The molecule has 0 atom stereocenters. The zero-order valence-electron chi connectivity index (χ0n) is 32.1. The number of sulfone groups is 2. The van der Waals surface area contributed by atoms with E-state index in [1.54, 1.807) is 0 Å². The molecule has 0 amide bonds. The van der Waals surface area contributed by atoms with E-state index in [1.807, 2.05) is 0 Å². The molecule has 0 aliphatic heterocycles. The molecule has 0 saturated carbocycles. The Kier molecular flexibility index (Phi) is 30.1. The molecule has 4 aromatic carbocycles. The predicted molar refractivity (Wildman–Crippen MR) is 188 cm³/mol. The molecule has 4 rings (SSSR count). The third-order valence-electron chi connectivity index (χ3n) is 6.98. The zero-order valence-corrected chi connectivity index (χ0v) is 45.0. The van der Waals surface area contributed by atoms with Crippen LogP contribution in [0.15, 0.2) is 101 Å². The van der Waals surface area contributed by atoms with Crippen LogP contribution in [-0.4, -0.2) is 66.7 Å². The van der Waals surface area contributed by atoms with Crippen LogP contribution in [0.25, 0.3) is 10.8 Å². The Hall–Kier alpha value is 0.360. The van der Waals surface area contributed by atoms with Crippen molar-refractivity contribution in [1.29, 1.82) is 0 Å². The summed E-state index contributed by atoms with van der Waals surface area (Å²) in [6, 6.07) is 11.7. The van der Waals surface area contributed by atoms with Gasteiger partial charge in [-0.15, -0.1) is 24.0 Å². The van der Waals surface area contributed by atoms with Gasteiger partial charge < -0.3 is 30.7 Å². The largest absolute Gasteiger partial charge is 1.00 e. The second kappa shape index (κ2) is 29.9. The minimum Gasteiger partial charge on any atom is -0.744 e. The second-order valence-corrected chi connectivity index (χ2v) is 17.6. The van der Waals surface area contributed by atoms with Crippen molar-refractivity contribution in [3.63, 3.8) is 0 Å². The van der Waals surface area contributed by atoms with Gasteiger partial charge in [-0.3, -0.25) is 23.5 Å². The number of hydrogen-bond donors (Lipinski definition) is 2. The van der Waals surface area contributed by atoms with Crippen molar-refractivity contribution in [2.45, 2.75) is 19.6 Å². The van der Waals surface area contributed by atoms with Crippen molar-refractivity contribution >= 4 is 106 Å². The van der Waals surface area contributed by atoms with Gasteiger partial charge in [0.25, 0.3) is 0 Å². The molecule has 0 aromatic heterocycles. The summed E-state index contributed by atoms with van der Waals surface area (Å²) < 4.78 is 109. The number of rotatable bonds is 23. The number of nitrogens with zero attached hydrogens (tertiary/aromatic N) is 4. The summed E-state index contributed by atoms with van der Waals surface area (Å²) in [5, 5.41) is 70.4. The molecule has 0 saturated heterocycles. The molecule has 24 nitrogen and oxygen atoms in total. The number of anilines is 1. The first-order valence-corrected chi connectivity index (χ1v) is 21.6. The van der Waals surface area contributed by atoms with E-state index in [0.29, 0.717) is 18.1 Å². The molecule has 310 valence electrons. The molecule has 0 fully saturated rings. The van der Waals surface area contributed by atoms with Crippen molar-refractivity contribution < 1.29 is 205 Å². The van der Waals surface area contributed by atoms with E-state index < -0.39 is 69.1 Å². The van der Waals surface area contributed by atoms with Crippen LogP contribution < -0.4 is 139 Å². The molecule has 0 radical (unpaired) electrons. The minimum atomic E-state index is -5.36. The molecule has 0 bridgehead atoms. The molecular weight excluding hydrogens is 983 g/mol. The van der Waals surface area contributed by atoms with Crippen molar-refractivity contribution in [3.05, 3.63) is 60.7 Å². The van der Waals surface area contributed by atoms with Crippen LogP contribution in [0.5, 0.6) is 5.75 Å². The normalized spacial score (nSPS) is 11.8. The summed E-state index contributed by atoms with van der Waals surface area (Å²) in [5.41, 5.74) is -0.511. The molecule has 2 N–H and O–H groups in total. The van der Waals surface area contributed by atoms with Gasteiger partial charge in [-0.25, -0.2) is 25.3 Å². The van der Waals surface area contributed by atoms with Gasteiger partial charge in [-0.1, -0.05) is 0 Å². The number of phenolic OH excluding ortho intramolecular Hbond substituents is 1. The Morgan fingerprint density at radius 2 is 1.20 bits per heavy atom. The monoisotopic (exact) mass is 1000 g/mol. The summed E-state index contributed by atoms with van der Waals surface area (Å²) in [6.07, 6.45) is 0. The molecule has 34 heteroatoms. The number of aromatic hydroxyl groups is 1. The van der Waals surface area contributed by atoms with E-state index in [0.717, 1.165) is 12.1 Å². The summed E-state index contributed by atoms with van der Waals surface area (Å²) in [6.45, 7) is -0.864. The molecule has 4 aromatic rings. The quantitative estimate of drug-likeness (QED) is 0.0132. The van der Waals surface area contributed by atoms with Gasteiger partial charge in [0.05, 0.1) is 67.7 Å². The van der Waals surface area contributed by atoms with Gasteiger partial charge in [0.1, 0.15) is 27.2 Å². The maximum Gasteiger partial charge on any atom is 1.00 e. The van der Waals surface area contributed by atoms with E-state index in [9.17, 15) is 50.7 Å². The van der Waals surface area contributed by atoms with Crippen molar-refractivity contribution in [2.24, 2.45) is 20.5 Å². The number of azo groups is 2. The Balaban J connectivity index is 0.00000900. The fraction of sp³-hybridized carbons (Fsp3) is 0.185. The average molecular weight is 1010 g/mol. The van der Waals surface area contributed by atoms with Crippen LogP contribution in [0.1, 0.15) is 0 Å². The standard InChI is InChI=1S/C27H27N5O19S6.4Na/c1-28-22-9-7-19-20(25(22)31-30-21-8-6-18(14-24(21)57(41,42)43)56(39,40)13-11-45-54-51-48-36)15-23(52-49-46-34)26(27(19)33)32-29-16-2-4-17(5-3-16)55(37,38)12-10-44-53-50-47-35;;;;/h2-9,14-15,28,33-36H,10-13H2,1H3,(H,41,42,43);;;;/q;4*+1/p-4. The van der Waals surface area contributed by atoms with Gasteiger partial charge in [0.15, 0.2) is 50.1 Å². The van der Waals surface area contributed by atoms with Gasteiger partial charge in [0, 0.05) is 17.8 Å². The number of phenols is 1. The van der Waals surface area contributed by atoms with Gasteiger partial charge in [0.2, 0.25) is 0 Å². The number of fused-ring (bicyclic) bond motifs is 1. The molecule has 0 unspecified atom stereocenters. The maximum absolute atomic E-state index is 12.8. The van der Waals surface area contributed by atoms with Crippen LogP contribution in [0.2, 0.25) is 0 Å². The third kappa shape index (κ3) is 18.2. The van der Waals surface area contributed by atoms with Crippen LogP contribution in [-0.2, 0) is 66.3 Å². The number of hydrogen-bond acceptors (Lipinski definition) is 27. The molecule has 0 spiro atoms. The maximum atomic E-state index is 12.8. The fourth-order valence-corrected chi connectivity index (χ4v) is 8.51. The van der Waals surface area contributed by atoms with E-state index in [4.69, 9.17) is 4.18 Å². The number of benzene rings is 4. The zero-order chi connectivity index (χ0) is 41.6. The second-order valence-electron chi connectivity index (χ2n) is 10.3.